The van der Waals surface area contributed by atoms with E-state index in [2.05, 4.69) is 26.2 Å². The molecule has 94 valence electrons. The van der Waals surface area contributed by atoms with Gasteiger partial charge < -0.3 is 9.88 Å². The van der Waals surface area contributed by atoms with Crippen LogP contribution in [0, 0.1) is 0 Å². The Balaban J connectivity index is 1.73. The lowest BCUT2D eigenvalue weighted by Gasteiger charge is -2.05. The third-order valence-electron chi connectivity index (χ3n) is 2.54. The highest BCUT2D eigenvalue weighted by molar-refractivity contribution is 9.10. The predicted molar refractivity (Wildman–Crippen MR) is 73.3 cm³/mol. The van der Waals surface area contributed by atoms with Crippen LogP contribution < -0.4 is 5.32 Å². The van der Waals surface area contributed by atoms with Gasteiger partial charge in [-0.2, -0.15) is 0 Å². The number of carbonyl (C=O) groups is 1. The number of rotatable bonds is 5. The van der Waals surface area contributed by atoms with Crippen LogP contribution in [-0.4, -0.2) is 22.0 Å². The van der Waals surface area contributed by atoms with Gasteiger partial charge in [-0.15, -0.1) is 0 Å². The van der Waals surface area contributed by atoms with Gasteiger partial charge in [0.25, 0.3) is 5.91 Å². The molecule has 0 radical (unpaired) electrons. The molecule has 1 heterocycles. The Morgan fingerprint density at radius 1 is 1.33 bits per heavy atom. The van der Waals surface area contributed by atoms with Crippen molar-refractivity contribution in [2.45, 2.75) is 13.0 Å². The highest BCUT2D eigenvalue weighted by atomic mass is 79.9. The molecule has 0 aliphatic heterocycles. The second kappa shape index (κ2) is 6.35. The Hall–Kier alpha value is -1.62. The zero-order valence-electron chi connectivity index (χ0n) is 9.84. The van der Waals surface area contributed by atoms with Gasteiger partial charge in [-0.1, -0.05) is 15.9 Å². The predicted octanol–water partition coefficient (Wildman–Crippen LogP) is 2.47. The molecule has 18 heavy (non-hydrogen) atoms. The number of halogens is 1. The van der Waals surface area contributed by atoms with Crippen molar-refractivity contribution in [3.63, 3.8) is 0 Å². The summed E-state index contributed by atoms with van der Waals surface area (Å²) < 4.78 is 2.96. The fourth-order valence-electron chi connectivity index (χ4n) is 1.59. The molecule has 2 aromatic rings. The van der Waals surface area contributed by atoms with Gasteiger partial charge in [-0.05, 0) is 30.7 Å². The lowest BCUT2D eigenvalue weighted by molar-refractivity contribution is 0.0952. The molecule has 0 aliphatic carbocycles. The lowest BCUT2D eigenvalue weighted by atomic mass is 10.2. The minimum atomic E-state index is -0.0341. The summed E-state index contributed by atoms with van der Waals surface area (Å²) in [6, 6.07) is 7.32. The van der Waals surface area contributed by atoms with Gasteiger partial charge in [0.2, 0.25) is 0 Å². The highest BCUT2D eigenvalue weighted by Crippen LogP contribution is 2.10. The summed E-state index contributed by atoms with van der Waals surface area (Å²) in [5.74, 6) is -0.0341. The monoisotopic (exact) mass is 307 g/mol. The minimum Gasteiger partial charge on any atom is -0.352 e. The molecule has 0 atom stereocenters. The van der Waals surface area contributed by atoms with E-state index in [0.717, 1.165) is 17.4 Å². The Bertz CT molecular complexity index is 493. The first-order valence-electron chi connectivity index (χ1n) is 5.75. The van der Waals surface area contributed by atoms with Crippen molar-refractivity contribution in [3.8, 4) is 0 Å². The maximum absolute atomic E-state index is 11.8. The molecule has 0 bridgehead atoms. The first-order chi connectivity index (χ1) is 8.75. The summed E-state index contributed by atoms with van der Waals surface area (Å²) in [5.41, 5.74) is 0.681. The van der Waals surface area contributed by atoms with Crippen LogP contribution in [0.5, 0.6) is 0 Å². The van der Waals surface area contributed by atoms with Crippen LogP contribution in [0.15, 0.2) is 47.5 Å². The Morgan fingerprint density at radius 2 is 2.11 bits per heavy atom. The van der Waals surface area contributed by atoms with E-state index in [0.29, 0.717) is 12.1 Å². The first kappa shape index (κ1) is 12.8. The molecule has 0 saturated heterocycles. The summed E-state index contributed by atoms with van der Waals surface area (Å²) in [4.78, 5) is 15.7. The number of hydrogen-bond donors (Lipinski definition) is 1. The van der Waals surface area contributed by atoms with Gasteiger partial charge in [0.05, 0.1) is 6.33 Å². The fourth-order valence-corrected chi connectivity index (χ4v) is 1.85. The van der Waals surface area contributed by atoms with Crippen molar-refractivity contribution >= 4 is 21.8 Å². The second-order valence-electron chi connectivity index (χ2n) is 3.92. The van der Waals surface area contributed by atoms with Gasteiger partial charge in [-0.3, -0.25) is 4.79 Å². The molecule has 1 N–H and O–H groups in total. The number of nitrogens with zero attached hydrogens (tertiary/aromatic N) is 2. The highest BCUT2D eigenvalue weighted by Gasteiger charge is 2.03. The van der Waals surface area contributed by atoms with Crippen molar-refractivity contribution in [3.05, 3.63) is 53.0 Å². The third-order valence-corrected chi connectivity index (χ3v) is 3.07. The second-order valence-corrected chi connectivity index (χ2v) is 4.83. The smallest absolute Gasteiger partial charge is 0.251 e. The van der Waals surface area contributed by atoms with E-state index >= 15 is 0 Å². The van der Waals surface area contributed by atoms with Gasteiger partial charge in [0.1, 0.15) is 0 Å². The van der Waals surface area contributed by atoms with Crippen LogP contribution in [0.2, 0.25) is 0 Å². The number of aryl methyl sites for hydroxylation is 1. The van der Waals surface area contributed by atoms with Crippen LogP contribution in [-0.2, 0) is 6.54 Å². The Kier molecular flexibility index (Phi) is 4.52. The van der Waals surface area contributed by atoms with E-state index in [-0.39, 0.29) is 5.91 Å². The third kappa shape index (κ3) is 3.70. The van der Waals surface area contributed by atoms with Crippen LogP contribution in [0.3, 0.4) is 0 Å². The molecular formula is C13H14BrN3O. The summed E-state index contributed by atoms with van der Waals surface area (Å²) >= 11 is 3.34. The van der Waals surface area contributed by atoms with Gasteiger partial charge in [-0.25, -0.2) is 4.98 Å². The molecule has 1 amide bonds. The van der Waals surface area contributed by atoms with Crippen molar-refractivity contribution in [2.75, 3.05) is 6.54 Å². The summed E-state index contributed by atoms with van der Waals surface area (Å²) in [7, 11) is 0. The molecule has 2 rings (SSSR count). The average molecular weight is 308 g/mol. The normalized spacial score (nSPS) is 10.3. The number of benzene rings is 1. The van der Waals surface area contributed by atoms with Crippen molar-refractivity contribution < 1.29 is 4.79 Å². The molecule has 0 fully saturated rings. The molecule has 1 aromatic carbocycles. The number of carbonyl (C=O) groups excluding carboxylic acids is 1. The molecule has 0 aliphatic rings. The van der Waals surface area contributed by atoms with Gasteiger partial charge in [0, 0.05) is 35.5 Å². The number of imidazole rings is 1. The zero-order chi connectivity index (χ0) is 12.8. The maximum Gasteiger partial charge on any atom is 0.251 e. The van der Waals surface area contributed by atoms with Crippen LogP contribution in [0.4, 0.5) is 0 Å². The van der Waals surface area contributed by atoms with E-state index in [1.54, 1.807) is 24.7 Å². The SMILES string of the molecule is O=C(NCCCn1ccnc1)c1ccc(Br)cc1. The standard InChI is InChI=1S/C13H14BrN3O/c14-12-4-2-11(3-5-12)13(18)16-6-1-8-17-9-7-15-10-17/h2-5,7,9-10H,1,6,8H2,(H,16,18). The molecule has 0 saturated carbocycles. The van der Waals surface area contributed by atoms with Gasteiger partial charge in [0.15, 0.2) is 0 Å². The van der Waals surface area contributed by atoms with Crippen molar-refractivity contribution in [2.24, 2.45) is 0 Å². The molecule has 0 unspecified atom stereocenters. The molecule has 0 spiro atoms. The summed E-state index contributed by atoms with van der Waals surface area (Å²) in [6.45, 7) is 1.52. The molecular weight excluding hydrogens is 294 g/mol. The summed E-state index contributed by atoms with van der Waals surface area (Å²) in [6.07, 6.45) is 6.33. The number of hydrogen-bond acceptors (Lipinski definition) is 2. The quantitative estimate of drug-likeness (QED) is 0.863. The fraction of sp³-hybridized carbons (Fsp3) is 0.231. The van der Waals surface area contributed by atoms with E-state index < -0.39 is 0 Å². The van der Waals surface area contributed by atoms with E-state index in [1.165, 1.54) is 0 Å². The first-order valence-corrected chi connectivity index (χ1v) is 6.54. The van der Waals surface area contributed by atoms with Crippen LogP contribution in [0.1, 0.15) is 16.8 Å². The maximum atomic E-state index is 11.8. The largest absolute Gasteiger partial charge is 0.352 e. The lowest BCUT2D eigenvalue weighted by Crippen LogP contribution is -2.25. The molecule has 1 aromatic heterocycles. The van der Waals surface area contributed by atoms with Crippen molar-refractivity contribution in [1.29, 1.82) is 0 Å². The van der Waals surface area contributed by atoms with E-state index in [4.69, 9.17) is 0 Å². The summed E-state index contributed by atoms with van der Waals surface area (Å²) in [5, 5.41) is 2.89. The molecule has 5 heteroatoms. The van der Waals surface area contributed by atoms with E-state index in [1.807, 2.05) is 22.9 Å². The van der Waals surface area contributed by atoms with Gasteiger partial charge >= 0.3 is 0 Å². The Morgan fingerprint density at radius 3 is 2.78 bits per heavy atom. The van der Waals surface area contributed by atoms with Crippen LogP contribution in [0.25, 0.3) is 0 Å². The average Bonchev–Trinajstić information content (AvgIpc) is 2.88. The number of amides is 1. The van der Waals surface area contributed by atoms with Crippen LogP contribution >= 0.6 is 15.9 Å². The molecule has 4 nitrogen and oxygen atoms in total. The number of aromatic nitrogens is 2. The topological polar surface area (TPSA) is 46.9 Å². The Labute approximate surface area is 114 Å². The minimum absolute atomic E-state index is 0.0341. The zero-order valence-corrected chi connectivity index (χ0v) is 11.4. The van der Waals surface area contributed by atoms with E-state index in [9.17, 15) is 4.79 Å². The van der Waals surface area contributed by atoms with Crippen molar-refractivity contribution in [1.82, 2.24) is 14.9 Å². The number of nitrogens with one attached hydrogen (secondary N) is 1.